The summed E-state index contributed by atoms with van der Waals surface area (Å²) in [5.74, 6) is 0.171. The maximum absolute atomic E-state index is 11.9. The van der Waals surface area contributed by atoms with Crippen molar-refractivity contribution in [3.63, 3.8) is 0 Å². The summed E-state index contributed by atoms with van der Waals surface area (Å²) in [5, 5.41) is 20.4. The number of nitrogens with one attached hydrogen (secondary N) is 1. The van der Waals surface area contributed by atoms with Crippen LogP contribution in [0.3, 0.4) is 0 Å². The summed E-state index contributed by atoms with van der Waals surface area (Å²) < 4.78 is 0.773. The van der Waals surface area contributed by atoms with E-state index in [1.54, 1.807) is 5.51 Å². The molecule has 2 aromatic heterocycles. The Balaban J connectivity index is 1.66. The molecule has 0 saturated carbocycles. The number of hydrogen-bond acceptors (Lipinski definition) is 7. The number of amides is 1. The third-order valence-corrected chi connectivity index (χ3v) is 6.02. The van der Waals surface area contributed by atoms with Gasteiger partial charge in [0.15, 0.2) is 4.34 Å². The van der Waals surface area contributed by atoms with E-state index in [-0.39, 0.29) is 11.7 Å². The molecule has 0 aromatic carbocycles. The normalized spacial score (nSPS) is 12.9. The minimum atomic E-state index is -0.110. The average Bonchev–Trinajstić information content (AvgIpc) is 3.12. The number of carbonyl (C=O) groups is 1. The second-order valence-electron chi connectivity index (χ2n) is 4.21. The molecule has 0 unspecified atom stereocenters. The molecule has 20 heavy (non-hydrogen) atoms. The van der Waals surface area contributed by atoms with Crippen molar-refractivity contribution in [3.8, 4) is 6.07 Å². The fourth-order valence-electron chi connectivity index (χ4n) is 2.13. The molecule has 0 aliphatic heterocycles. The number of rotatable bonds is 4. The van der Waals surface area contributed by atoms with Gasteiger partial charge in [0.05, 0.1) is 11.3 Å². The molecule has 0 fully saturated rings. The quantitative estimate of drug-likeness (QED) is 0.876. The SMILES string of the molecule is N#Cc1c(NC(=O)CSc2nncs2)sc2c1CCC2. The lowest BCUT2D eigenvalue weighted by atomic mass is 10.1. The maximum atomic E-state index is 11.9. The van der Waals surface area contributed by atoms with Crippen LogP contribution in [0.15, 0.2) is 9.85 Å². The Kier molecular flexibility index (Phi) is 4.00. The first-order chi connectivity index (χ1) is 9.78. The number of fused-ring (bicyclic) bond motifs is 1. The van der Waals surface area contributed by atoms with Crippen molar-refractivity contribution in [1.82, 2.24) is 10.2 Å². The smallest absolute Gasteiger partial charge is 0.235 e. The molecular weight excluding hydrogens is 312 g/mol. The molecule has 1 amide bonds. The first-order valence-corrected chi connectivity index (χ1v) is 8.69. The topological polar surface area (TPSA) is 78.7 Å². The highest BCUT2D eigenvalue weighted by Crippen LogP contribution is 2.38. The van der Waals surface area contributed by atoms with Crippen molar-refractivity contribution in [1.29, 1.82) is 5.26 Å². The number of aromatic nitrogens is 2. The van der Waals surface area contributed by atoms with Gasteiger partial charge >= 0.3 is 0 Å². The molecule has 0 radical (unpaired) electrons. The number of thioether (sulfide) groups is 1. The lowest BCUT2D eigenvalue weighted by Crippen LogP contribution is -2.13. The molecule has 0 bridgehead atoms. The van der Waals surface area contributed by atoms with E-state index in [2.05, 4.69) is 21.6 Å². The zero-order chi connectivity index (χ0) is 13.9. The Morgan fingerprint density at radius 2 is 2.45 bits per heavy atom. The van der Waals surface area contributed by atoms with E-state index in [1.807, 2.05) is 0 Å². The second kappa shape index (κ2) is 5.91. The van der Waals surface area contributed by atoms with Gasteiger partial charge in [0.2, 0.25) is 5.91 Å². The van der Waals surface area contributed by atoms with Gasteiger partial charge in [-0.3, -0.25) is 4.79 Å². The molecule has 2 heterocycles. The third kappa shape index (κ3) is 2.70. The third-order valence-electron chi connectivity index (χ3n) is 2.95. The van der Waals surface area contributed by atoms with Crippen LogP contribution in [-0.2, 0) is 17.6 Å². The molecule has 0 spiro atoms. The van der Waals surface area contributed by atoms with Crippen LogP contribution in [0, 0.1) is 11.3 Å². The summed E-state index contributed by atoms with van der Waals surface area (Å²) in [6.07, 6.45) is 3.07. The van der Waals surface area contributed by atoms with Gasteiger partial charge in [0, 0.05) is 4.88 Å². The zero-order valence-corrected chi connectivity index (χ0v) is 12.8. The van der Waals surface area contributed by atoms with E-state index in [4.69, 9.17) is 0 Å². The molecule has 1 N–H and O–H groups in total. The van der Waals surface area contributed by atoms with Crippen molar-refractivity contribution >= 4 is 45.3 Å². The number of anilines is 1. The highest BCUT2D eigenvalue weighted by atomic mass is 32.2. The molecular formula is C12H10N4OS3. The summed E-state index contributed by atoms with van der Waals surface area (Å²) >= 11 is 4.30. The van der Waals surface area contributed by atoms with Gasteiger partial charge in [-0.2, -0.15) is 5.26 Å². The average molecular weight is 322 g/mol. The zero-order valence-electron chi connectivity index (χ0n) is 10.4. The van der Waals surface area contributed by atoms with E-state index >= 15 is 0 Å². The molecule has 3 rings (SSSR count). The summed E-state index contributed by atoms with van der Waals surface area (Å²) in [6.45, 7) is 0. The van der Waals surface area contributed by atoms with Crippen molar-refractivity contribution in [2.45, 2.75) is 23.6 Å². The van der Waals surface area contributed by atoms with Crippen molar-refractivity contribution in [2.24, 2.45) is 0 Å². The Labute approximate surface area is 128 Å². The standard InChI is InChI=1S/C12H10N4OS3/c13-4-8-7-2-1-3-9(7)20-11(8)15-10(17)5-18-12-16-14-6-19-12/h6H,1-3,5H2,(H,15,17). The van der Waals surface area contributed by atoms with Gasteiger partial charge in [0.25, 0.3) is 0 Å². The minimum absolute atomic E-state index is 0.110. The Morgan fingerprint density at radius 1 is 1.55 bits per heavy atom. The Morgan fingerprint density at radius 3 is 3.20 bits per heavy atom. The van der Waals surface area contributed by atoms with Gasteiger partial charge in [-0.1, -0.05) is 23.1 Å². The second-order valence-corrected chi connectivity index (χ2v) is 7.38. The number of thiophene rings is 1. The number of nitrogens with zero attached hydrogens (tertiary/aromatic N) is 3. The van der Waals surface area contributed by atoms with Gasteiger partial charge < -0.3 is 5.32 Å². The van der Waals surface area contributed by atoms with Gasteiger partial charge in [-0.25, -0.2) is 0 Å². The summed E-state index contributed by atoms with van der Waals surface area (Å²) in [4.78, 5) is 13.2. The predicted molar refractivity (Wildman–Crippen MR) is 80.3 cm³/mol. The van der Waals surface area contributed by atoms with Crippen LogP contribution in [-0.4, -0.2) is 21.9 Å². The first kappa shape index (κ1) is 13.5. The number of hydrogen-bond donors (Lipinski definition) is 1. The molecule has 8 heteroatoms. The van der Waals surface area contributed by atoms with Crippen LogP contribution in [0.1, 0.15) is 22.4 Å². The lowest BCUT2D eigenvalue weighted by molar-refractivity contribution is -0.113. The molecule has 2 aromatic rings. The van der Waals surface area contributed by atoms with E-state index in [9.17, 15) is 10.1 Å². The van der Waals surface area contributed by atoms with Crippen molar-refractivity contribution < 1.29 is 4.79 Å². The van der Waals surface area contributed by atoms with Crippen molar-refractivity contribution in [2.75, 3.05) is 11.1 Å². The number of aryl methyl sites for hydroxylation is 1. The number of carbonyl (C=O) groups excluding carboxylic acids is 1. The van der Waals surface area contributed by atoms with Crippen LogP contribution in [0.5, 0.6) is 0 Å². The van der Waals surface area contributed by atoms with Gasteiger partial charge in [-0.15, -0.1) is 21.5 Å². The molecule has 1 aliphatic rings. The maximum Gasteiger partial charge on any atom is 0.235 e. The van der Waals surface area contributed by atoms with Crippen LogP contribution < -0.4 is 5.32 Å². The van der Waals surface area contributed by atoms with Gasteiger partial charge in [0.1, 0.15) is 16.6 Å². The lowest BCUT2D eigenvalue weighted by Gasteiger charge is -2.02. The van der Waals surface area contributed by atoms with E-state index in [0.717, 1.165) is 29.2 Å². The van der Waals surface area contributed by atoms with Gasteiger partial charge in [-0.05, 0) is 24.8 Å². The Bertz CT molecular complexity index is 672. The van der Waals surface area contributed by atoms with Crippen LogP contribution in [0.25, 0.3) is 0 Å². The predicted octanol–water partition coefficient (Wildman–Crippen LogP) is 2.69. The fraction of sp³-hybridized carbons (Fsp3) is 0.333. The molecule has 0 saturated heterocycles. The summed E-state index contributed by atoms with van der Waals surface area (Å²) in [5.41, 5.74) is 3.42. The fourth-order valence-corrected chi connectivity index (χ4v) is 4.67. The minimum Gasteiger partial charge on any atom is -0.316 e. The van der Waals surface area contributed by atoms with E-state index in [1.165, 1.54) is 39.3 Å². The van der Waals surface area contributed by atoms with Crippen LogP contribution >= 0.6 is 34.4 Å². The molecule has 0 atom stereocenters. The summed E-state index contributed by atoms with van der Waals surface area (Å²) in [6, 6.07) is 2.22. The largest absolute Gasteiger partial charge is 0.316 e. The highest BCUT2D eigenvalue weighted by Gasteiger charge is 2.23. The monoisotopic (exact) mass is 322 g/mol. The van der Waals surface area contributed by atoms with E-state index in [0.29, 0.717) is 10.6 Å². The van der Waals surface area contributed by atoms with Crippen molar-refractivity contribution in [3.05, 3.63) is 21.5 Å². The Hall–Kier alpha value is -1.43. The van der Waals surface area contributed by atoms with Crippen LogP contribution in [0.4, 0.5) is 5.00 Å². The first-order valence-electron chi connectivity index (χ1n) is 6.01. The van der Waals surface area contributed by atoms with Crippen LogP contribution in [0.2, 0.25) is 0 Å². The molecule has 102 valence electrons. The summed E-state index contributed by atoms with van der Waals surface area (Å²) in [7, 11) is 0. The molecule has 5 nitrogen and oxygen atoms in total. The highest BCUT2D eigenvalue weighted by molar-refractivity contribution is 8.01. The number of nitriles is 1. The molecule has 1 aliphatic carbocycles. The van der Waals surface area contributed by atoms with E-state index < -0.39 is 0 Å².